The van der Waals surface area contributed by atoms with E-state index in [4.69, 9.17) is 0 Å². The van der Waals surface area contributed by atoms with Gasteiger partial charge in [0, 0.05) is 13.1 Å². The second-order valence-electron chi connectivity index (χ2n) is 3.70. The minimum atomic E-state index is -0.0533. The van der Waals surface area contributed by atoms with E-state index in [2.05, 4.69) is 10.6 Å². The fourth-order valence-electron chi connectivity index (χ4n) is 0.968. The molecule has 0 fully saturated rings. The molecule has 0 saturated carbocycles. The lowest BCUT2D eigenvalue weighted by molar-refractivity contribution is -0.117. The van der Waals surface area contributed by atoms with Crippen molar-refractivity contribution in [2.24, 2.45) is 5.92 Å². The molecule has 0 aliphatic rings. The Balaban J connectivity index is 4.45. The smallest absolute Gasteiger partial charge is 0.266 e. The predicted octanol–water partition coefficient (Wildman–Crippen LogP) is 1.27. The normalized spacial score (nSPS) is 12.1. The number of allylic oxidation sites excluding steroid dienone is 1. The molecular weight excluding hydrogens is 164 g/mol. The van der Waals surface area contributed by atoms with Crippen molar-refractivity contribution in [1.29, 1.82) is 0 Å². The van der Waals surface area contributed by atoms with Crippen LogP contribution in [0.2, 0.25) is 0 Å². The Hall–Kier alpha value is -0.990. The highest BCUT2D eigenvalue weighted by molar-refractivity contribution is 5.92. The van der Waals surface area contributed by atoms with Crippen molar-refractivity contribution < 1.29 is 4.79 Å². The average Bonchev–Trinajstić information content (AvgIpc) is 2.00. The predicted molar refractivity (Wildman–Crippen MR) is 55.3 cm³/mol. The number of rotatable bonds is 4. The third kappa shape index (κ3) is 5.28. The molecule has 0 heterocycles. The van der Waals surface area contributed by atoms with Crippen molar-refractivity contribution in [1.82, 2.24) is 10.6 Å². The summed E-state index contributed by atoms with van der Waals surface area (Å²) >= 11 is 0. The molecule has 0 aromatic carbocycles. The number of likely N-dealkylation sites (N-methyl/N-ethyl adjacent to an activating group) is 1. The van der Waals surface area contributed by atoms with Gasteiger partial charge in [-0.3, -0.25) is 4.79 Å². The highest BCUT2D eigenvalue weighted by Gasteiger charge is 2.08. The lowest BCUT2D eigenvalue weighted by atomic mass is 10.1. The van der Waals surface area contributed by atoms with E-state index in [1.54, 1.807) is 7.05 Å². The number of nitrogens with one attached hydrogen (secondary N) is 2. The summed E-state index contributed by atoms with van der Waals surface area (Å²) in [5.74, 6) is 0.320. The Morgan fingerprint density at radius 3 is 2.08 bits per heavy atom. The van der Waals surface area contributed by atoms with Crippen molar-refractivity contribution in [3.05, 3.63) is 11.8 Å². The van der Waals surface area contributed by atoms with Crippen LogP contribution >= 0.6 is 0 Å². The summed E-state index contributed by atoms with van der Waals surface area (Å²) in [5, 5.41) is 5.72. The van der Waals surface area contributed by atoms with Crippen LogP contribution in [0.5, 0.6) is 0 Å². The van der Waals surface area contributed by atoms with Gasteiger partial charge in [-0.15, -0.1) is 0 Å². The quantitative estimate of drug-likeness (QED) is 0.646. The number of hydrogen-bond acceptors (Lipinski definition) is 2. The van der Waals surface area contributed by atoms with Crippen LogP contribution in [0.15, 0.2) is 11.8 Å². The van der Waals surface area contributed by atoms with Crippen LogP contribution in [-0.2, 0) is 4.79 Å². The van der Waals surface area contributed by atoms with Crippen LogP contribution in [0, 0.1) is 5.92 Å². The Morgan fingerprint density at radius 1 is 1.23 bits per heavy atom. The van der Waals surface area contributed by atoms with Gasteiger partial charge in [0.05, 0.1) is 5.70 Å². The van der Waals surface area contributed by atoms with Crippen LogP contribution in [0.1, 0.15) is 27.7 Å². The highest BCUT2D eigenvalue weighted by Crippen LogP contribution is 2.00. The van der Waals surface area contributed by atoms with Gasteiger partial charge in [-0.25, -0.2) is 0 Å². The van der Waals surface area contributed by atoms with Gasteiger partial charge in [-0.2, -0.15) is 0 Å². The Kier molecular flexibility index (Phi) is 5.19. The van der Waals surface area contributed by atoms with E-state index in [9.17, 15) is 4.79 Å². The molecule has 0 aliphatic heterocycles. The lowest BCUT2D eigenvalue weighted by Crippen LogP contribution is -2.33. The molecule has 13 heavy (non-hydrogen) atoms. The number of hydrogen-bond donors (Lipinski definition) is 2. The molecule has 0 rings (SSSR count). The summed E-state index contributed by atoms with van der Waals surface area (Å²) < 4.78 is 0. The third-order valence-electron chi connectivity index (χ3n) is 1.42. The molecule has 0 aromatic heterocycles. The van der Waals surface area contributed by atoms with E-state index in [1.165, 1.54) is 0 Å². The SMILES string of the molecule is CNC(=O)C(=CC(C)C)NC(C)C. The fraction of sp³-hybridized carbons (Fsp3) is 0.700. The molecular formula is C10H20N2O. The van der Waals surface area contributed by atoms with Gasteiger partial charge < -0.3 is 10.6 Å². The van der Waals surface area contributed by atoms with Gasteiger partial charge >= 0.3 is 0 Å². The average molecular weight is 184 g/mol. The summed E-state index contributed by atoms with van der Waals surface area (Å²) in [6.07, 6.45) is 1.93. The zero-order chi connectivity index (χ0) is 10.4. The minimum absolute atomic E-state index is 0.0533. The highest BCUT2D eigenvalue weighted by atomic mass is 16.1. The number of amides is 1. The molecule has 3 nitrogen and oxygen atoms in total. The zero-order valence-corrected chi connectivity index (χ0v) is 9.14. The zero-order valence-electron chi connectivity index (χ0n) is 9.14. The van der Waals surface area contributed by atoms with Crippen LogP contribution in [0.3, 0.4) is 0 Å². The van der Waals surface area contributed by atoms with E-state index in [1.807, 2.05) is 33.8 Å². The molecule has 76 valence electrons. The molecule has 0 bridgehead atoms. The second-order valence-corrected chi connectivity index (χ2v) is 3.70. The van der Waals surface area contributed by atoms with Crippen molar-refractivity contribution in [3.63, 3.8) is 0 Å². The van der Waals surface area contributed by atoms with E-state index < -0.39 is 0 Å². The largest absolute Gasteiger partial charge is 0.379 e. The second kappa shape index (κ2) is 5.62. The third-order valence-corrected chi connectivity index (χ3v) is 1.42. The first kappa shape index (κ1) is 12.0. The van der Waals surface area contributed by atoms with E-state index >= 15 is 0 Å². The summed E-state index contributed by atoms with van der Waals surface area (Å²) in [6.45, 7) is 8.12. The Labute approximate surface area is 80.6 Å². The van der Waals surface area contributed by atoms with Crippen LogP contribution in [0.25, 0.3) is 0 Å². The van der Waals surface area contributed by atoms with Gasteiger partial charge in [0.15, 0.2) is 0 Å². The molecule has 0 saturated heterocycles. The lowest BCUT2D eigenvalue weighted by Gasteiger charge is -2.13. The molecule has 0 aliphatic carbocycles. The molecule has 0 aromatic rings. The molecule has 3 heteroatoms. The van der Waals surface area contributed by atoms with E-state index in [-0.39, 0.29) is 11.9 Å². The topological polar surface area (TPSA) is 41.1 Å². The maximum atomic E-state index is 11.3. The summed E-state index contributed by atoms with van der Waals surface area (Å²) in [7, 11) is 1.64. The maximum Gasteiger partial charge on any atom is 0.266 e. The van der Waals surface area contributed by atoms with Gasteiger partial charge in [-0.05, 0) is 19.8 Å². The summed E-state index contributed by atoms with van der Waals surface area (Å²) in [5.41, 5.74) is 0.660. The molecule has 0 radical (unpaired) electrons. The van der Waals surface area contributed by atoms with Gasteiger partial charge in [0.2, 0.25) is 0 Å². The van der Waals surface area contributed by atoms with Gasteiger partial charge in [-0.1, -0.05) is 19.9 Å². The first-order valence-corrected chi connectivity index (χ1v) is 4.67. The summed E-state index contributed by atoms with van der Waals surface area (Å²) in [6, 6.07) is 0.280. The van der Waals surface area contributed by atoms with Crippen molar-refractivity contribution in [2.75, 3.05) is 7.05 Å². The van der Waals surface area contributed by atoms with Crippen molar-refractivity contribution >= 4 is 5.91 Å². The minimum Gasteiger partial charge on any atom is -0.379 e. The van der Waals surface area contributed by atoms with Crippen molar-refractivity contribution in [3.8, 4) is 0 Å². The van der Waals surface area contributed by atoms with Gasteiger partial charge in [0.25, 0.3) is 5.91 Å². The monoisotopic (exact) mass is 184 g/mol. The van der Waals surface area contributed by atoms with Gasteiger partial charge in [0.1, 0.15) is 0 Å². The van der Waals surface area contributed by atoms with E-state index in [0.717, 1.165) is 0 Å². The molecule has 0 atom stereocenters. The van der Waals surface area contributed by atoms with Crippen molar-refractivity contribution in [2.45, 2.75) is 33.7 Å². The Morgan fingerprint density at radius 2 is 1.77 bits per heavy atom. The van der Waals surface area contributed by atoms with Crippen LogP contribution in [0.4, 0.5) is 0 Å². The maximum absolute atomic E-state index is 11.3. The number of carbonyl (C=O) groups excluding carboxylic acids is 1. The van der Waals surface area contributed by atoms with Crippen LogP contribution in [-0.4, -0.2) is 19.0 Å². The fourth-order valence-corrected chi connectivity index (χ4v) is 0.968. The Bertz CT molecular complexity index is 195. The first-order valence-electron chi connectivity index (χ1n) is 4.67. The number of carbonyl (C=O) groups is 1. The molecule has 1 amide bonds. The molecule has 0 spiro atoms. The van der Waals surface area contributed by atoms with Crippen LogP contribution < -0.4 is 10.6 Å². The molecule has 2 N–H and O–H groups in total. The first-order chi connectivity index (χ1) is 5.97. The standard InChI is InChI=1S/C10H20N2O/c1-7(2)6-9(10(13)11-5)12-8(3)4/h6-8,12H,1-5H3,(H,11,13). The molecule has 0 unspecified atom stereocenters. The summed E-state index contributed by atoms with van der Waals surface area (Å²) in [4.78, 5) is 11.3. The van der Waals surface area contributed by atoms with E-state index in [0.29, 0.717) is 11.6 Å².